The van der Waals surface area contributed by atoms with Crippen LogP contribution in [0.2, 0.25) is 0 Å². The number of hydrogen-bond donors (Lipinski definition) is 2. The Morgan fingerprint density at radius 3 is 2.95 bits per heavy atom. The maximum atomic E-state index is 8.66. The van der Waals surface area contributed by atoms with Crippen LogP contribution in [0, 0.1) is 0 Å². The Hall–Kier alpha value is -1.66. The average Bonchev–Trinajstić information content (AvgIpc) is 2.44. The smallest absolute Gasteiger partial charge is 0.188 e. The Bertz CT molecular complexity index is 423. The van der Waals surface area contributed by atoms with Crippen LogP contribution in [-0.4, -0.2) is 47.2 Å². The van der Waals surface area contributed by atoms with Crippen LogP contribution in [-0.2, 0) is 11.3 Å². The number of amidine groups is 1. The van der Waals surface area contributed by atoms with Crippen LogP contribution < -0.4 is 5.73 Å². The first-order valence-corrected chi connectivity index (χ1v) is 6.28. The molecule has 0 radical (unpaired) electrons. The van der Waals surface area contributed by atoms with Crippen molar-refractivity contribution in [3.8, 4) is 0 Å². The van der Waals surface area contributed by atoms with Crippen LogP contribution in [0.4, 0.5) is 0 Å². The molecule has 1 unspecified atom stereocenters. The van der Waals surface area contributed by atoms with Crippen molar-refractivity contribution < 1.29 is 9.94 Å². The molecule has 0 aliphatic rings. The predicted molar refractivity (Wildman–Crippen MR) is 74.2 cm³/mol. The largest absolute Gasteiger partial charge is 0.409 e. The Morgan fingerprint density at radius 2 is 2.37 bits per heavy atom. The molecule has 1 heterocycles. The standard InChI is InChI=1S/C13H22N4O2/c1-4-17(10(2)9-19-3)8-11-5-6-15-12(7-11)13(14)16-18/h5-7,10,18H,4,8-9H2,1-3H3,(H2,14,16). The number of rotatable bonds is 7. The molecule has 1 atom stereocenters. The predicted octanol–water partition coefficient (Wildman–Crippen LogP) is 1.03. The van der Waals surface area contributed by atoms with E-state index >= 15 is 0 Å². The third-order valence-electron chi connectivity index (χ3n) is 3.02. The Morgan fingerprint density at radius 1 is 1.63 bits per heavy atom. The molecule has 0 amide bonds. The highest BCUT2D eigenvalue weighted by molar-refractivity contribution is 5.95. The highest BCUT2D eigenvalue weighted by atomic mass is 16.5. The number of nitrogens with two attached hydrogens (primary N) is 1. The Labute approximate surface area is 113 Å². The van der Waals surface area contributed by atoms with Crippen LogP contribution >= 0.6 is 0 Å². The highest BCUT2D eigenvalue weighted by Crippen LogP contribution is 2.09. The zero-order valence-electron chi connectivity index (χ0n) is 11.7. The van der Waals surface area contributed by atoms with Gasteiger partial charge in [0.15, 0.2) is 5.84 Å². The zero-order valence-corrected chi connectivity index (χ0v) is 11.7. The third kappa shape index (κ3) is 4.50. The number of nitrogens with zero attached hydrogens (tertiary/aromatic N) is 3. The van der Waals surface area contributed by atoms with Gasteiger partial charge in [0.2, 0.25) is 0 Å². The maximum Gasteiger partial charge on any atom is 0.188 e. The molecular formula is C13H22N4O2. The van der Waals surface area contributed by atoms with Crippen LogP contribution in [0.25, 0.3) is 0 Å². The van der Waals surface area contributed by atoms with E-state index in [4.69, 9.17) is 15.7 Å². The lowest BCUT2D eigenvalue weighted by atomic mass is 10.2. The van der Waals surface area contributed by atoms with Crippen molar-refractivity contribution >= 4 is 5.84 Å². The number of methoxy groups -OCH3 is 1. The van der Waals surface area contributed by atoms with E-state index in [1.54, 1.807) is 13.3 Å². The summed E-state index contributed by atoms with van der Waals surface area (Å²) >= 11 is 0. The molecule has 6 nitrogen and oxygen atoms in total. The average molecular weight is 266 g/mol. The zero-order chi connectivity index (χ0) is 14.3. The van der Waals surface area contributed by atoms with Crippen molar-refractivity contribution in [1.82, 2.24) is 9.88 Å². The first-order chi connectivity index (χ1) is 9.12. The van der Waals surface area contributed by atoms with Gasteiger partial charge < -0.3 is 15.7 Å². The van der Waals surface area contributed by atoms with Gasteiger partial charge in [-0.2, -0.15) is 0 Å². The van der Waals surface area contributed by atoms with Crippen molar-refractivity contribution in [1.29, 1.82) is 0 Å². The van der Waals surface area contributed by atoms with Crippen molar-refractivity contribution in [2.45, 2.75) is 26.4 Å². The summed E-state index contributed by atoms with van der Waals surface area (Å²) in [4.78, 5) is 6.35. The van der Waals surface area contributed by atoms with Gasteiger partial charge in [0, 0.05) is 25.9 Å². The van der Waals surface area contributed by atoms with Gasteiger partial charge in [-0.1, -0.05) is 12.1 Å². The second-order valence-corrected chi connectivity index (χ2v) is 4.40. The molecule has 6 heteroatoms. The topological polar surface area (TPSA) is 84.0 Å². The minimum atomic E-state index is 0.0230. The number of oxime groups is 1. The Kier molecular flexibility index (Phi) is 6.24. The van der Waals surface area contributed by atoms with Gasteiger partial charge in [-0.25, -0.2) is 0 Å². The summed E-state index contributed by atoms with van der Waals surface area (Å²) in [6.07, 6.45) is 1.66. The van der Waals surface area contributed by atoms with Crippen molar-refractivity contribution in [3.05, 3.63) is 29.6 Å². The Balaban J connectivity index is 2.80. The number of aromatic nitrogens is 1. The number of hydrogen-bond acceptors (Lipinski definition) is 5. The molecule has 3 N–H and O–H groups in total. The highest BCUT2D eigenvalue weighted by Gasteiger charge is 2.13. The molecule has 0 aromatic carbocycles. The summed E-state index contributed by atoms with van der Waals surface area (Å²) in [6, 6.07) is 4.09. The second-order valence-electron chi connectivity index (χ2n) is 4.40. The summed E-state index contributed by atoms with van der Waals surface area (Å²) in [7, 11) is 1.70. The van der Waals surface area contributed by atoms with Gasteiger partial charge >= 0.3 is 0 Å². The van der Waals surface area contributed by atoms with E-state index in [1.165, 1.54) is 0 Å². The molecule has 0 fully saturated rings. The van der Waals surface area contributed by atoms with E-state index in [9.17, 15) is 0 Å². The lowest BCUT2D eigenvalue weighted by Gasteiger charge is -2.27. The molecule has 1 rings (SSSR count). The van der Waals surface area contributed by atoms with Gasteiger partial charge in [-0.3, -0.25) is 9.88 Å². The monoisotopic (exact) mass is 266 g/mol. The normalized spacial score (nSPS) is 13.8. The number of pyridine rings is 1. The van der Waals surface area contributed by atoms with Crippen molar-refractivity contribution in [2.24, 2.45) is 10.9 Å². The van der Waals surface area contributed by atoms with E-state index in [0.717, 1.165) is 18.7 Å². The van der Waals surface area contributed by atoms with Crippen LogP contribution in [0.1, 0.15) is 25.1 Å². The van der Waals surface area contributed by atoms with E-state index in [-0.39, 0.29) is 5.84 Å². The quantitative estimate of drug-likeness (QED) is 0.333. The fourth-order valence-electron chi connectivity index (χ4n) is 1.92. The molecule has 106 valence electrons. The molecule has 0 saturated carbocycles. The van der Waals surface area contributed by atoms with Gasteiger partial charge in [0.25, 0.3) is 0 Å². The fourth-order valence-corrected chi connectivity index (χ4v) is 1.92. The molecule has 0 saturated heterocycles. The van der Waals surface area contributed by atoms with Gasteiger partial charge in [-0.05, 0) is 31.2 Å². The molecule has 19 heavy (non-hydrogen) atoms. The van der Waals surface area contributed by atoms with Gasteiger partial charge in [0.05, 0.1) is 6.61 Å². The molecule has 1 aromatic heterocycles. The molecule has 0 aliphatic heterocycles. The van der Waals surface area contributed by atoms with Crippen LogP contribution in [0.3, 0.4) is 0 Å². The van der Waals surface area contributed by atoms with Crippen LogP contribution in [0.5, 0.6) is 0 Å². The lowest BCUT2D eigenvalue weighted by Crippen LogP contribution is -2.35. The van der Waals surface area contributed by atoms with E-state index in [0.29, 0.717) is 18.3 Å². The number of ether oxygens (including phenoxy) is 1. The van der Waals surface area contributed by atoms with Crippen LogP contribution in [0.15, 0.2) is 23.5 Å². The maximum absolute atomic E-state index is 8.66. The SMILES string of the molecule is CCN(Cc1ccnc(C(N)=NO)c1)C(C)COC. The van der Waals surface area contributed by atoms with Crippen molar-refractivity contribution in [2.75, 3.05) is 20.3 Å². The third-order valence-corrected chi connectivity index (χ3v) is 3.02. The lowest BCUT2D eigenvalue weighted by molar-refractivity contribution is 0.0982. The molecule has 0 aliphatic carbocycles. The molecule has 1 aromatic rings. The summed E-state index contributed by atoms with van der Waals surface area (Å²) < 4.78 is 5.18. The summed E-state index contributed by atoms with van der Waals surface area (Å²) in [5, 5.41) is 11.6. The minimum Gasteiger partial charge on any atom is -0.409 e. The van der Waals surface area contributed by atoms with Gasteiger partial charge in [0.1, 0.15) is 5.69 Å². The summed E-state index contributed by atoms with van der Waals surface area (Å²) in [5.41, 5.74) is 7.09. The fraction of sp³-hybridized carbons (Fsp3) is 0.538. The summed E-state index contributed by atoms with van der Waals surface area (Å²) in [5.74, 6) is 0.0230. The first-order valence-electron chi connectivity index (χ1n) is 6.28. The van der Waals surface area contributed by atoms with E-state index in [1.807, 2.05) is 12.1 Å². The number of likely N-dealkylation sites (N-methyl/N-ethyl adjacent to an activating group) is 1. The minimum absolute atomic E-state index is 0.0230. The van der Waals surface area contributed by atoms with E-state index in [2.05, 4.69) is 28.9 Å². The molecular weight excluding hydrogens is 244 g/mol. The molecule has 0 spiro atoms. The molecule has 0 bridgehead atoms. The second kappa shape index (κ2) is 7.70. The van der Waals surface area contributed by atoms with E-state index < -0.39 is 0 Å². The van der Waals surface area contributed by atoms with Crippen molar-refractivity contribution in [3.63, 3.8) is 0 Å². The summed E-state index contributed by atoms with van der Waals surface area (Å²) in [6.45, 7) is 6.61. The first kappa shape index (κ1) is 15.4. The van der Waals surface area contributed by atoms with Gasteiger partial charge in [-0.15, -0.1) is 0 Å².